The van der Waals surface area contributed by atoms with Gasteiger partial charge in [-0.1, -0.05) is 26.3 Å². The summed E-state index contributed by atoms with van der Waals surface area (Å²) in [5.41, 5.74) is 0.746. The summed E-state index contributed by atoms with van der Waals surface area (Å²) in [5.74, 6) is -0.402. The molecule has 104 valence electrons. The van der Waals surface area contributed by atoms with E-state index in [-0.39, 0.29) is 12.3 Å². The Hall–Kier alpha value is -1.32. The van der Waals surface area contributed by atoms with Crippen molar-refractivity contribution in [3.63, 3.8) is 0 Å². The van der Waals surface area contributed by atoms with Gasteiger partial charge >= 0.3 is 5.97 Å². The zero-order valence-electron chi connectivity index (χ0n) is 11.7. The number of hydrogen-bond acceptors (Lipinski definition) is 2. The van der Waals surface area contributed by atoms with Crippen molar-refractivity contribution in [2.24, 2.45) is 5.92 Å². The van der Waals surface area contributed by atoms with Crippen LogP contribution < -0.4 is 5.32 Å². The fourth-order valence-corrected chi connectivity index (χ4v) is 1.81. The average Bonchev–Trinajstić information content (AvgIpc) is 2.33. The van der Waals surface area contributed by atoms with E-state index in [1.165, 1.54) is 0 Å². The highest BCUT2D eigenvalue weighted by atomic mass is 16.4. The number of carbonyl (C=O) groups excluding carboxylic acids is 1. The molecule has 0 aromatic heterocycles. The molecule has 1 atom stereocenters. The van der Waals surface area contributed by atoms with Crippen molar-refractivity contribution in [2.75, 3.05) is 6.54 Å². The summed E-state index contributed by atoms with van der Waals surface area (Å²) in [6.07, 6.45) is 5.45. The molecule has 0 aliphatic heterocycles. The third-order valence-corrected chi connectivity index (χ3v) is 3.05. The van der Waals surface area contributed by atoms with Crippen LogP contribution in [-0.4, -0.2) is 23.5 Å². The summed E-state index contributed by atoms with van der Waals surface area (Å²) < 4.78 is 0. The van der Waals surface area contributed by atoms with Crippen LogP contribution in [0.15, 0.2) is 11.6 Å². The van der Waals surface area contributed by atoms with Gasteiger partial charge in [0.2, 0.25) is 5.91 Å². The van der Waals surface area contributed by atoms with Crippen molar-refractivity contribution in [3.05, 3.63) is 11.6 Å². The van der Waals surface area contributed by atoms with E-state index >= 15 is 0 Å². The van der Waals surface area contributed by atoms with Gasteiger partial charge in [0, 0.05) is 18.5 Å². The first-order chi connectivity index (χ1) is 8.51. The quantitative estimate of drug-likeness (QED) is 0.622. The SMILES string of the molecule is CCC=C(C)C(=O)NCCC(CC)CCC(=O)O. The highest BCUT2D eigenvalue weighted by Gasteiger charge is 2.10. The van der Waals surface area contributed by atoms with Crippen LogP contribution in [0.1, 0.15) is 52.9 Å². The molecule has 4 nitrogen and oxygen atoms in total. The topological polar surface area (TPSA) is 66.4 Å². The number of amides is 1. The minimum Gasteiger partial charge on any atom is -0.481 e. The monoisotopic (exact) mass is 255 g/mol. The summed E-state index contributed by atoms with van der Waals surface area (Å²) in [6, 6.07) is 0. The maximum absolute atomic E-state index is 11.6. The molecule has 2 N–H and O–H groups in total. The lowest BCUT2D eigenvalue weighted by Gasteiger charge is -2.14. The number of hydrogen-bond donors (Lipinski definition) is 2. The van der Waals surface area contributed by atoms with Gasteiger partial charge < -0.3 is 10.4 Å². The molecule has 0 fully saturated rings. The van der Waals surface area contributed by atoms with Gasteiger partial charge in [0.05, 0.1) is 0 Å². The molecule has 0 rings (SSSR count). The summed E-state index contributed by atoms with van der Waals surface area (Å²) in [4.78, 5) is 22.1. The normalized spacial score (nSPS) is 13.2. The van der Waals surface area contributed by atoms with Gasteiger partial charge in [-0.2, -0.15) is 0 Å². The minimum atomic E-state index is -0.751. The number of aliphatic carboxylic acids is 1. The van der Waals surface area contributed by atoms with Crippen molar-refractivity contribution in [1.82, 2.24) is 5.32 Å². The maximum atomic E-state index is 11.6. The van der Waals surface area contributed by atoms with E-state index in [4.69, 9.17) is 5.11 Å². The first-order valence-corrected chi connectivity index (χ1v) is 6.67. The van der Waals surface area contributed by atoms with E-state index in [1.807, 2.05) is 13.0 Å². The van der Waals surface area contributed by atoms with Crippen LogP contribution in [0.3, 0.4) is 0 Å². The van der Waals surface area contributed by atoms with Gasteiger partial charge in [0.1, 0.15) is 0 Å². The Morgan fingerprint density at radius 1 is 1.28 bits per heavy atom. The van der Waals surface area contributed by atoms with Crippen LogP contribution in [0, 0.1) is 5.92 Å². The number of carbonyl (C=O) groups is 2. The van der Waals surface area contributed by atoms with Crippen LogP contribution in [0.25, 0.3) is 0 Å². The minimum absolute atomic E-state index is 0.0232. The third-order valence-electron chi connectivity index (χ3n) is 3.05. The summed E-state index contributed by atoms with van der Waals surface area (Å²) in [6.45, 7) is 6.47. The molecule has 1 unspecified atom stereocenters. The molecule has 0 aliphatic carbocycles. The molecule has 18 heavy (non-hydrogen) atoms. The number of nitrogens with one attached hydrogen (secondary N) is 1. The zero-order chi connectivity index (χ0) is 14.0. The van der Waals surface area contributed by atoms with E-state index in [2.05, 4.69) is 12.2 Å². The van der Waals surface area contributed by atoms with Gasteiger partial charge in [0.25, 0.3) is 0 Å². The van der Waals surface area contributed by atoms with Crippen molar-refractivity contribution in [2.45, 2.75) is 52.9 Å². The smallest absolute Gasteiger partial charge is 0.303 e. The first kappa shape index (κ1) is 16.7. The van der Waals surface area contributed by atoms with Crippen LogP contribution in [0.5, 0.6) is 0 Å². The van der Waals surface area contributed by atoms with E-state index in [1.54, 1.807) is 6.92 Å². The second kappa shape index (κ2) is 9.68. The molecular formula is C14H25NO3. The van der Waals surface area contributed by atoms with Gasteiger partial charge in [-0.3, -0.25) is 9.59 Å². The van der Waals surface area contributed by atoms with Crippen LogP contribution in [0.2, 0.25) is 0 Å². The van der Waals surface area contributed by atoms with Gasteiger partial charge in [-0.05, 0) is 32.1 Å². The Morgan fingerprint density at radius 3 is 2.44 bits per heavy atom. The van der Waals surface area contributed by atoms with Crippen LogP contribution in [-0.2, 0) is 9.59 Å². The Kier molecular flexibility index (Phi) is 8.97. The predicted octanol–water partition coefficient (Wildman–Crippen LogP) is 2.74. The molecule has 0 aliphatic rings. The molecule has 0 radical (unpaired) electrons. The standard InChI is InChI=1S/C14H25NO3/c1-4-6-11(3)14(18)15-10-9-12(5-2)7-8-13(16)17/h6,12H,4-5,7-10H2,1-3H3,(H,15,18)(H,16,17). The molecule has 1 amide bonds. The van der Waals surface area contributed by atoms with E-state index in [0.29, 0.717) is 18.9 Å². The van der Waals surface area contributed by atoms with E-state index < -0.39 is 5.97 Å². The molecule has 4 heteroatoms. The molecule has 0 bridgehead atoms. The molecule has 0 aromatic rings. The van der Waals surface area contributed by atoms with Crippen LogP contribution in [0.4, 0.5) is 0 Å². The summed E-state index contributed by atoms with van der Waals surface area (Å²) in [5, 5.41) is 11.5. The summed E-state index contributed by atoms with van der Waals surface area (Å²) >= 11 is 0. The second-order valence-electron chi connectivity index (χ2n) is 4.55. The third kappa shape index (κ3) is 7.87. The van der Waals surface area contributed by atoms with E-state index in [0.717, 1.165) is 24.8 Å². The zero-order valence-corrected chi connectivity index (χ0v) is 11.7. The van der Waals surface area contributed by atoms with Crippen molar-refractivity contribution in [1.29, 1.82) is 0 Å². The molecule has 0 spiro atoms. The Morgan fingerprint density at radius 2 is 1.94 bits per heavy atom. The van der Waals surface area contributed by atoms with Gasteiger partial charge in [-0.25, -0.2) is 0 Å². The Bertz CT molecular complexity index is 297. The lowest BCUT2D eigenvalue weighted by molar-refractivity contribution is -0.137. The number of rotatable bonds is 9. The van der Waals surface area contributed by atoms with Crippen molar-refractivity contribution >= 4 is 11.9 Å². The maximum Gasteiger partial charge on any atom is 0.303 e. The predicted molar refractivity (Wildman–Crippen MR) is 72.3 cm³/mol. The molecule has 0 heterocycles. The molecule has 0 aromatic carbocycles. The highest BCUT2D eigenvalue weighted by Crippen LogP contribution is 2.14. The van der Waals surface area contributed by atoms with Gasteiger partial charge in [-0.15, -0.1) is 0 Å². The fraction of sp³-hybridized carbons (Fsp3) is 0.714. The molecule has 0 saturated carbocycles. The molecule has 0 saturated heterocycles. The van der Waals surface area contributed by atoms with E-state index in [9.17, 15) is 9.59 Å². The lowest BCUT2D eigenvalue weighted by Crippen LogP contribution is -2.26. The van der Waals surface area contributed by atoms with Crippen LogP contribution >= 0.6 is 0 Å². The van der Waals surface area contributed by atoms with Crippen molar-refractivity contribution < 1.29 is 14.7 Å². The van der Waals surface area contributed by atoms with Gasteiger partial charge in [0.15, 0.2) is 0 Å². The fourth-order valence-electron chi connectivity index (χ4n) is 1.81. The number of carboxylic acid groups (broad SMARTS) is 1. The first-order valence-electron chi connectivity index (χ1n) is 6.67. The Labute approximate surface area is 109 Å². The Balaban J connectivity index is 3.89. The second-order valence-corrected chi connectivity index (χ2v) is 4.55. The average molecular weight is 255 g/mol. The molecular weight excluding hydrogens is 230 g/mol. The largest absolute Gasteiger partial charge is 0.481 e. The van der Waals surface area contributed by atoms with Crippen molar-refractivity contribution in [3.8, 4) is 0 Å². The number of carboxylic acids is 1. The summed E-state index contributed by atoms with van der Waals surface area (Å²) in [7, 11) is 0. The highest BCUT2D eigenvalue weighted by molar-refractivity contribution is 5.92. The lowest BCUT2D eigenvalue weighted by atomic mass is 9.96. The number of allylic oxidation sites excluding steroid dienone is 1.